The Morgan fingerprint density at radius 3 is 2.11 bits per heavy atom. The minimum Gasteiger partial charge on any atom is -0.489 e. The largest absolute Gasteiger partial charge is 0.489 e. The number of anilines is 3. The first-order valence-corrected chi connectivity index (χ1v) is 28.2. The van der Waals surface area contributed by atoms with E-state index >= 15 is 0 Å². The summed E-state index contributed by atoms with van der Waals surface area (Å²) >= 11 is 1.83. The summed E-state index contributed by atoms with van der Waals surface area (Å²) in [5.41, 5.74) is 8.12. The summed E-state index contributed by atoms with van der Waals surface area (Å²) in [4.78, 5) is 14.6. The highest BCUT2D eigenvalue weighted by Crippen LogP contribution is 2.52. The van der Waals surface area contributed by atoms with Crippen molar-refractivity contribution >= 4 is 92.7 Å². The molecule has 2 aromatic heterocycles. The van der Waals surface area contributed by atoms with E-state index in [2.05, 4.69) is 184 Å². The summed E-state index contributed by atoms with van der Waals surface area (Å²) in [6.45, 7) is 13.8. The smallest absolute Gasteiger partial charge is 0.180 e. The topological polar surface area (TPSA) is 47.5 Å². The second-order valence-electron chi connectivity index (χ2n) is 18.1. The average Bonchev–Trinajstić information content (AvgIpc) is 3.63. The monoisotopic (exact) mass is 883 g/mol. The molecule has 0 spiro atoms. The van der Waals surface area contributed by atoms with Crippen LogP contribution in [0.1, 0.15) is 27.7 Å². The number of rotatable bonds is 9. The van der Waals surface area contributed by atoms with Gasteiger partial charge < -0.3 is 14.4 Å². The lowest BCUT2D eigenvalue weighted by atomic mass is 10.1. The van der Waals surface area contributed by atoms with E-state index in [9.17, 15) is 0 Å². The molecule has 64 heavy (non-hydrogen) atoms. The van der Waals surface area contributed by atoms with Crippen LogP contribution in [0.4, 0.5) is 17.1 Å². The molecule has 4 heterocycles. The molecule has 0 amide bonds. The van der Waals surface area contributed by atoms with E-state index in [-0.39, 0.29) is 6.10 Å². The van der Waals surface area contributed by atoms with E-state index in [1.807, 2.05) is 50.1 Å². The number of hydrogen-bond donors (Lipinski definition) is 0. The third-order valence-corrected chi connectivity index (χ3v) is 24.3. The normalized spacial score (nSPS) is 15.1. The molecule has 9 aromatic rings. The van der Waals surface area contributed by atoms with Crippen molar-refractivity contribution in [1.82, 2.24) is 9.97 Å². The van der Waals surface area contributed by atoms with E-state index in [0.29, 0.717) is 5.54 Å². The van der Waals surface area contributed by atoms with Gasteiger partial charge in [0.15, 0.2) is 8.07 Å². The first-order valence-electron chi connectivity index (χ1n) is 22.3. The van der Waals surface area contributed by atoms with Crippen molar-refractivity contribution in [2.75, 3.05) is 4.90 Å². The Morgan fingerprint density at radius 1 is 0.641 bits per heavy atom. The number of pyridine rings is 2. The highest BCUT2D eigenvalue weighted by Gasteiger charge is 2.50. The third kappa shape index (κ3) is 6.41. The molecule has 5 nitrogen and oxygen atoms in total. The van der Waals surface area contributed by atoms with Gasteiger partial charge >= 0.3 is 0 Å². The molecule has 0 aliphatic carbocycles. The Balaban J connectivity index is 1.12. The molecule has 0 saturated carbocycles. The van der Waals surface area contributed by atoms with Gasteiger partial charge in [-0.15, -0.1) is 0 Å². The van der Waals surface area contributed by atoms with Crippen LogP contribution in [-0.4, -0.2) is 32.2 Å². The van der Waals surface area contributed by atoms with Gasteiger partial charge in [-0.25, -0.2) is 0 Å². The molecule has 0 fully saturated rings. The minimum atomic E-state index is -2.85. The van der Waals surface area contributed by atoms with Crippen LogP contribution in [0.5, 0.6) is 17.2 Å². The van der Waals surface area contributed by atoms with Crippen LogP contribution >= 0.6 is 11.8 Å². The van der Waals surface area contributed by atoms with E-state index in [1.54, 1.807) is 0 Å². The Labute approximate surface area is 381 Å². The molecule has 8 heteroatoms. The maximum absolute atomic E-state index is 6.62. The highest BCUT2D eigenvalue weighted by molar-refractivity contribution is 7.99. The van der Waals surface area contributed by atoms with Crippen LogP contribution in [0.25, 0.3) is 32.9 Å². The zero-order chi connectivity index (χ0) is 43.7. The van der Waals surface area contributed by atoms with Gasteiger partial charge in [-0.05, 0) is 118 Å². The van der Waals surface area contributed by atoms with Gasteiger partial charge in [0.2, 0.25) is 0 Å². The third-order valence-electron chi connectivity index (χ3n) is 13.6. The number of fused-ring (bicyclic) bond motifs is 9. The van der Waals surface area contributed by atoms with Gasteiger partial charge in [0.25, 0.3) is 0 Å². The van der Waals surface area contributed by atoms with Crippen LogP contribution in [0.15, 0.2) is 186 Å². The number of ether oxygens (including phenoxy) is 2. The molecule has 1 atom stereocenters. The Bertz CT molecular complexity index is 3250. The average molecular weight is 884 g/mol. The number of nitrogens with zero attached hydrogens (tertiary/aromatic N) is 3. The fourth-order valence-electron chi connectivity index (χ4n) is 9.80. The fourth-order valence-corrected chi connectivity index (χ4v) is 17.8. The quantitative estimate of drug-likeness (QED) is 0.106. The highest BCUT2D eigenvalue weighted by atomic mass is 32.2. The number of para-hydroxylation sites is 1. The van der Waals surface area contributed by atoms with Gasteiger partial charge in [-0.1, -0.05) is 141 Å². The molecule has 0 N–H and O–H groups in total. The first kappa shape index (κ1) is 40.3. The maximum atomic E-state index is 6.62. The molecule has 0 saturated heterocycles. The standard InChI is InChI=1S/C56H49N3O2SSi2/c1-36(2)60-41-33-38-34-47(45-18-14-32-57-55(45)54(38)58-35-41)59(39-22-26-42(27-23-39)63(5,6)37(3)4)40-24-28-44(29-25-40)64(43-15-8-7-9-16-43)51-21-13-10-17-46(51)53-52(64)31-30-49-56(53)62-50-20-12-11-19-48(50)61-49/h7-37H,1-6H3. The van der Waals surface area contributed by atoms with Crippen molar-refractivity contribution in [1.29, 1.82) is 0 Å². The van der Waals surface area contributed by atoms with Gasteiger partial charge in [0, 0.05) is 28.3 Å². The molecule has 2 aliphatic heterocycles. The Hall–Kier alpha value is -6.46. The van der Waals surface area contributed by atoms with Crippen LogP contribution in [0, 0.1) is 0 Å². The van der Waals surface area contributed by atoms with Crippen LogP contribution < -0.4 is 40.3 Å². The molecule has 2 aliphatic rings. The van der Waals surface area contributed by atoms with Crippen molar-refractivity contribution < 1.29 is 9.47 Å². The van der Waals surface area contributed by atoms with Gasteiger partial charge in [-0.2, -0.15) is 0 Å². The second-order valence-corrected chi connectivity index (χ2v) is 28.1. The molecule has 11 rings (SSSR count). The first-order chi connectivity index (χ1) is 31.1. The molecule has 7 aromatic carbocycles. The van der Waals surface area contributed by atoms with Crippen molar-refractivity contribution in [3.63, 3.8) is 0 Å². The van der Waals surface area contributed by atoms with Crippen molar-refractivity contribution in [3.8, 4) is 28.4 Å². The number of benzene rings is 7. The Morgan fingerprint density at radius 2 is 1.34 bits per heavy atom. The lowest BCUT2D eigenvalue weighted by Crippen LogP contribution is -2.72. The van der Waals surface area contributed by atoms with E-state index in [0.717, 1.165) is 61.0 Å². The van der Waals surface area contributed by atoms with E-state index in [1.165, 1.54) is 42.0 Å². The SMILES string of the molecule is CC(C)Oc1cnc2c(c1)cc(N(c1ccc([Si]3(c4ccccc4)c4ccccc4-c4c3ccc3c4Sc4ccccc4O3)cc1)c1ccc([Si](C)(C)C(C)C)cc1)c1cccnc12. The molecular weight excluding hydrogens is 835 g/mol. The molecule has 0 bridgehead atoms. The lowest BCUT2D eigenvalue weighted by Gasteiger charge is -2.33. The van der Waals surface area contributed by atoms with Gasteiger partial charge in [0.05, 0.1) is 46.9 Å². The maximum Gasteiger partial charge on any atom is 0.180 e. The summed E-state index contributed by atoms with van der Waals surface area (Å²) in [7, 11) is -4.52. The molecular formula is C56H49N3O2SSi2. The number of hydrogen-bond acceptors (Lipinski definition) is 6. The zero-order valence-electron chi connectivity index (χ0n) is 37.0. The van der Waals surface area contributed by atoms with Crippen molar-refractivity contribution in [2.24, 2.45) is 0 Å². The van der Waals surface area contributed by atoms with Crippen LogP contribution in [0.2, 0.25) is 18.6 Å². The summed E-state index contributed by atoms with van der Waals surface area (Å²) in [6.07, 6.45) is 3.71. The molecule has 314 valence electrons. The van der Waals surface area contributed by atoms with Crippen molar-refractivity contribution in [3.05, 3.63) is 176 Å². The van der Waals surface area contributed by atoms with Crippen LogP contribution in [0.3, 0.4) is 0 Å². The van der Waals surface area contributed by atoms with E-state index < -0.39 is 16.1 Å². The summed E-state index contributed by atoms with van der Waals surface area (Å²) in [5, 5.41) is 8.96. The predicted molar refractivity (Wildman–Crippen MR) is 273 cm³/mol. The second kappa shape index (κ2) is 15.7. The minimum absolute atomic E-state index is 0.0280. The predicted octanol–water partition coefficient (Wildman–Crippen LogP) is 12.0. The summed E-state index contributed by atoms with van der Waals surface area (Å²) in [6, 6.07) is 60.7. The molecule has 0 radical (unpaired) electrons. The summed E-state index contributed by atoms with van der Waals surface area (Å²) < 4.78 is 12.8. The Kier molecular flexibility index (Phi) is 9.87. The van der Waals surface area contributed by atoms with Crippen molar-refractivity contribution in [2.45, 2.75) is 62.2 Å². The summed E-state index contributed by atoms with van der Waals surface area (Å²) in [5.74, 6) is 2.57. The molecule has 1 unspecified atom stereocenters. The van der Waals surface area contributed by atoms with Gasteiger partial charge in [-0.3, -0.25) is 9.97 Å². The van der Waals surface area contributed by atoms with Gasteiger partial charge in [0.1, 0.15) is 17.2 Å². The zero-order valence-corrected chi connectivity index (χ0v) is 39.8. The number of aromatic nitrogens is 2. The fraction of sp³-hybridized carbons (Fsp3) is 0.143. The van der Waals surface area contributed by atoms with E-state index in [4.69, 9.17) is 19.4 Å². The lowest BCUT2D eigenvalue weighted by molar-refractivity contribution is 0.242. The van der Waals surface area contributed by atoms with Crippen LogP contribution in [-0.2, 0) is 0 Å².